The van der Waals surface area contributed by atoms with Crippen molar-refractivity contribution >= 4 is 28.4 Å². The summed E-state index contributed by atoms with van der Waals surface area (Å²) < 4.78 is 3.35. The lowest BCUT2D eigenvalue weighted by Crippen LogP contribution is -2.33. The second kappa shape index (κ2) is 9.67. The topological polar surface area (TPSA) is 68.9 Å². The molecule has 0 saturated heterocycles. The minimum absolute atomic E-state index is 0.0708. The summed E-state index contributed by atoms with van der Waals surface area (Å²) in [6.45, 7) is 6.25. The molecule has 2 heterocycles. The molecule has 0 aliphatic rings. The van der Waals surface area contributed by atoms with Crippen molar-refractivity contribution in [3.63, 3.8) is 0 Å². The zero-order valence-electron chi connectivity index (χ0n) is 19.3. The Morgan fingerprint density at radius 2 is 1.76 bits per heavy atom. The van der Waals surface area contributed by atoms with Gasteiger partial charge in [0, 0.05) is 28.2 Å². The Balaban J connectivity index is 1.56. The van der Waals surface area contributed by atoms with Crippen LogP contribution in [-0.2, 0) is 11.2 Å². The summed E-state index contributed by atoms with van der Waals surface area (Å²) in [7, 11) is 0. The maximum Gasteiger partial charge on any atom is 0.281 e. The van der Waals surface area contributed by atoms with Gasteiger partial charge in [-0.15, -0.1) is 11.8 Å². The lowest BCUT2D eigenvalue weighted by Gasteiger charge is -2.18. The molecule has 1 N–H and O–H groups in total. The summed E-state index contributed by atoms with van der Waals surface area (Å²) in [5, 5.41) is 8.80. The molecule has 7 heteroatoms. The Morgan fingerprint density at radius 1 is 1.06 bits per heavy atom. The minimum atomic E-state index is -0.444. The van der Waals surface area contributed by atoms with Crippen LogP contribution >= 0.6 is 11.8 Å². The number of fused-ring (bicyclic) bond motifs is 1. The van der Waals surface area contributed by atoms with Gasteiger partial charge in [0.15, 0.2) is 0 Å². The Labute approximate surface area is 197 Å². The van der Waals surface area contributed by atoms with Gasteiger partial charge < -0.3 is 9.88 Å². The number of aryl methyl sites for hydroxylation is 2. The minimum Gasteiger partial charge on any atom is -0.354 e. The van der Waals surface area contributed by atoms with E-state index in [9.17, 15) is 9.59 Å². The Morgan fingerprint density at radius 3 is 2.42 bits per heavy atom. The number of aromatic nitrogens is 3. The van der Waals surface area contributed by atoms with Crippen molar-refractivity contribution < 1.29 is 4.79 Å². The molecule has 0 unspecified atom stereocenters. The number of thioether (sulfide) groups is 1. The van der Waals surface area contributed by atoms with Crippen LogP contribution in [0.5, 0.6) is 0 Å². The SMILES string of the molecule is CSc1ccc(CCNC(=O)[C@@H](C)n2c(C)c3cnn(-c4ccccc4)c(=O)c3c2C)cc1. The van der Waals surface area contributed by atoms with Gasteiger partial charge in [-0.3, -0.25) is 9.59 Å². The molecule has 4 aromatic rings. The summed E-state index contributed by atoms with van der Waals surface area (Å²) in [6, 6.07) is 17.3. The van der Waals surface area contributed by atoms with Crippen LogP contribution in [0.25, 0.3) is 16.5 Å². The predicted molar refractivity (Wildman–Crippen MR) is 134 cm³/mol. The van der Waals surface area contributed by atoms with Gasteiger partial charge in [0.1, 0.15) is 6.04 Å². The number of hydrogen-bond acceptors (Lipinski definition) is 4. The number of nitrogens with one attached hydrogen (secondary N) is 1. The van der Waals surface area contributed by atoms with Gasteiger partial charge in [-0.25, -0.2) is 0 Å². The fourth-order valence-electron chi connectivity index (χ4n) is 4.30. The van der Waals surface area contributed by atoms with E-state index in [0.717, 1.165) is 23.2 Å². The molecule has 0 aliphatic carbocycles. The summed E-state index contributed by atoms with van der Waals surface area (Å²) in [4.78, 5) is 27.4. The summed E-state index contributed by atoms with van der Waals surface area (Å²) in [6.07, 6.45) is 4.54. The highest BCUT2D eigenvalue weighted by atomic mass is 32.2. The van der Waals surface area contributed by atoms with Crippen LogP contribution in [0.1, 0.15) is 29.9 Å². The van der Waals surface area contributed by atoms with E-state index in [1.807, 2.05) is 55.7 Å². The third-order valence-electron chi connectivity index (χ3n) is 6.09. The lowest BCUT2D eigenvalue weighted by molar-refractivity contribution is -0.123. The first-order valence-corrected chi connectivity index (χ1v) is 12.2. The first-order chi connectivity index (χ1) is 15.9. The number of nitrogens with zero attached hydrogens (tertiary/aromatic N) is 3. The number of rotatable bonds is 7. The fraction of sp³-hybridized carbons (Fsp3) is 0.269. The highest BCUT2D eigenvalue weighted by molar-refractivity contribution is 7.98. The zero-order chi connectivity index (χ0) is 23.5. The van der Waals surface area contributed by atoms with Gasteiger partial charge >= 0.3 is 0 Å². The molecule has 0 radical (unpaired) electrons. The molecule has 0 spiro atoms. The molecule has 2 aromatic heterocycles. The number of amides is 1. The summed E-state index contributed by atoms with van der Waals surface area (Å²) >= 11 is 1.71. The van der Waals surface area contributed by atoms with Gasteiger partial charge in [0.25, 0.3) is 5.56 Å². The maximum atomic E-state index is 13.3. The fourth-order valence-corrected chi connectivity index (χ4v) is 4.71. The molecule has 0 fully saturated rings. The van der Waals surface area contributed by atoms with E-state index < -0.39 is 6.04 Å². The molecule has 4 rings (SSSR count). The summed E-state index contributed by atoms with van der Waals surface area (Å²) in [5.41, 5.74) is 3.36. The van der Waals surface area contributed by atoms with E-state index in [0.29, 0.717) is 17.6 Å². The van der Waals surface area contributed by atoms with Crippen molar-refractivity contribution in [2.75, 3.05) is 12.8 Å². The van der Waals surface area contributed by atoms with Crippen molar-refractivity contribution in [3.8, 4) is 5.69 Å². The van der Waals surface area contributed by atoms with Gasteiger partial charge in [-0.2, -0.15) is 9.78 Å². The number of benzene rings is 2. The van der Waals surface area contributed by atoms with E-state index in [2.05, 4.69) is 40.9 Å². The van der Waals surface area contributed by atoms with E-state index in [1.165, 1.54) is 15.1 Å². The van der Waals surface area contributed by atoms with Gasteiger partial charge in [0.05, 0.1) is 17.3 Å². The first-order valence-electron chi connectivity index (χ1n) is 11.0. The molecule has 0 saturated carbocycles. The Bertz CT molecular complexity index is 1340. The molecule has 2 aromatic carbocycles. The van der Waals surface area contributed by atoms with Crippen LogP contribution in [0.3, 0.4) is 0 Å². The van der Waals surface area contributed by atoms with Gasteiger partial charge in [0.2, 0.25) is 5.91 Å². The van der Waals surface area contributed by atoms with Crippen molar-refractivity contribution in [3.05, 3.63) is 88.1 Å². The normalized spacial score (nSPS) is 12.1. The molecular formula is C26H28N4O2S. The van der Waals surface area contributed by atoms with E-state index in [1.54, 1.807) is 18.0 Å². The molecule has 0 aliphatic heterocycles. The largest absolute Gasteiger partial charge is 0.354 e. The highest BCUT2D eigenvalue weighted by Crippen LogP contribution is 2.26. The van der Waals surface area contributed by atoms with Crippen LogP contribution in [-0.4, -0.2) is 33.1 Å². The standard InChI is InChI=1S/C26H28N4O2S/c1-17-23-16-28-30(21-8-6-5-7-9-21)26(32)24(23)18(2)29(17)19(3)25(31)27-15-14-20-10-12-22(33-4)13-11-20/h5-13,16,19H,14-15H2,1-4H3,(H,27,31)/t19-/m1/s1. The molecular weight excluding hydrogens is 432 g/mol. The number of hydrogen-bond donors (Lipinski definition) is 1. The van der Waals surface area contributed by atoms with Crippen molar-refractivity contribution in [2.24, 2.45) is 0 Å². The quantitative estimate of drug-likeness (QED) is 0.414. The lowest BCUT2D eigenvalue weighted by atomic mass is 10.1. The van der Waals surface area contributed by atoms with E-state index >= 15 is 0 Å². The Hall–Kier alpha value is -3.32. The number of carbonyl (C=O) groups is 1. The first kappa shape index (κ1) is 22.9. The van der Waals surface area contributed by atoms with Crippen LogP contribution in [0.2, 0.25) is 0 Å². The van der Waals surface area contributed by atoms with Crippen molar-refractivity contribution in [1.82, 2.24) is 19.7 Å². The number of carbonyl (C=O) groups excluding carboxylic acids is 1. The van der Waals surface area contributed by atoms with Crippen LogP contribution in [0.4, 0.5) is 0 Å². The van der Waals surface area contributed by atoms with Crippen LogP contribution < -0.4 is 10.9 Å². The van der Waals surface area contributed by atoms with Crippen molar-refractivity contribution in [1.29, 1.82) is 0 Å². The molecule has 33 heavy (non-hydrogen) atoms. The third kappa shape index (κ3) is 4.46. The third-order valence-corrected chi connectivity index (χ3v) is 6.84. The molecule has 0 bridgehead atoms. The van der Waals surface area contributed by atoms with Gasteiger partial charge in [-0.1, -0.05) is 30.3 Å². The highest BCUT2D eigenvalue weighted by Gasteiger charge is 2.23. The monoisotopic (exact) mass is 460 g/mol. The predicted octanol–water partition coefficient (Wildman–Crippen LogP) is 4.45. The van der Waals surface area contributed by atoms with Crippen molar-refractivity contribution in [2.45, 2.75) is 38.1 Å². The average Bonchev–Trinajstić information content (AvgIpc) is 3.10. The second-order valence-electron chi connectivity index (χ2n) is 8.09. The average molecular weight is 461 g/mol. The maximum absolute atomic E-state index is 13.3. The van der Waals surface area contributed by atoms with Crippen LogP contribution in [0, 0.1) is 13.8 Å². The number of para-hydroxylation sites is 1. The van der Waals surface area contributed by atoms with E-state index in [4.69, 9.17) is 0 Å². The molecule has 170 valence electrons. The molecule has 1 amide bonds. The van der Waals surface area contributed by atoms with E-state index in [-0.39, 0.29) is 11.5 Å². The molecule has 1 atom stereocenters. The molecule has 6 nitrogen and oxygen atoms in total. The second-order valence-corrected chi connectivity index (χ2v) is 8.97. The summed E-state index contributed by atoms with van der Waals surface area (Å²) in [5.74, 6) is -0.0708. The Kier molecular flexibility index (Phi) is 6.70. The van der Waals surface area contributed by atoms with Gasteiger partial charge in [-0.05, 0) is 63.3 Å². The van der Waals surface area contributed by atoms with Crippen LogP contribution in [0.15, 0.2) is 70.5 Å². The zero-order valence-corrected chi connectivity index (χ0v) is 20.1. The smallest absolute Gasteiger partial charge is 0.281 e.